The summed E-state index contributed by atoms with van der Waals surface area (Å²) in [6.07, 6.45) is 0. The van der Waals surface area contributed by atoms with Gasteiger partial charge < -0.3 is 38.3 Å². The summed E-state index contributed by atoms with van der Waals surface area (Å²) in [6.45, 7) is 0. The summed E-state index contributed by atoms with van der Waals surface area (Å²) >= 11 is 0. The topological polar surface area (TPSA) is 244 Å². The normalized spacial score (nSPS) is 0.143. The van der Waals surface area contributed by atoms with Crippen LogP contribution in [-0.4, -0.2) is 165 Å². The van der Waals surface area contributed by atoms with Crippen molar-refractivity contribution in [2.24, 2.45) is 0 Å². The molecule has 0 fully saturated rings. The predicted molar refractivity (Wildman–Crippen MR) is 76.9 cm³/mol. The maximum absolute atomic E-state index is 6.92. The van der Waals surface area contributed by atoms with Crippen LogP contribution in [0.5, 0.6) is 0 Å². The standard InChI is InChI=1S/Al.2In.HNSi.7H2O.2Sn.10H/c;;;1-2;;;;;;;;;;;;;;;;;;;/h;;;2H;7*1H2;;;;;;;;;;;;. The van der Waals surface area contributed by atoms with E-state index in [4.69, 9.17) is 4.89 Å². The van der Waals surface area contributed by atoms with Crippen LogP contribution in [-0.2, 0) is 0 Å². The zero-order valence-electron chi connectivity index (χ0n) is 6.52. The Labute approximate surface area is 167 Å². The van der Waals surface area contributed by atoms with E-state index in [0.717, 1.165) is 0 Å². The summed E-state index contributed by atoms with van der Waals surface area (Å²) in [5.41, 5.74) is 0. The molecule has 0 aliphatic rings. The Morgan fingerprint density at radius 2 is 0.500 bits per heavy atom. The van der Waals surface area contributed by atoms with Crippen LogP contribution in [0, 0.1) is 4.89 Å². The van der Waals surface area contributed by atoms with Crippen LogP contribution < -0.4 is 0 Å². The van der Waals surface area contributed by atoms with E-state index in [1.807, 2.05) is 0 Å². The average molecular weight is 673 g/mol. The first-order chi connectivity index (χ1) is 1.00. The van der Waals surface area contributed by atoms with Gasteiger partial charge in [-0.15, -0.1) is 0 Å². The van der Waals surface area contributed by atoms with Crippen LogP contribution >= 0.6 is 0 Å². The minimum atomic E-state index is 0. The van der Waals surface area contributed by atoms with E-state index < -0.39 is 0 Å². The van der Waals surface area contributed by atoms with Crippen molar-refractivity contribution >= 4 is 127 Å². The zero-order chi connectivity index (χ0) is 2.00. The molecule has 0 atom stereocenters. The van der Waals surface area contributed by atoms with Crippen LogP contribution in [0.25, 0.3) is 0 Å². The molecule has 0 amide bonds. The summed E-state index contributed by atoms with van der Waals surface area (Å²) in [5, 5.41) is 0. The van der Waals surface area contributed by atoms with Gasteiger partial charge in [-0.3, -0.25) is 4.89 Å². The van der Waals surface area contributed by atoms with Gasteiger partial charge >= 0.3 is 99.5 Å². The fraction of sp³-hybridized carbons (Fsp3) is 0. The van der Waals surface area contributed by atoms with Crippen molar-refractivity contribution in [2.75, 3.05) is 0 Å². The van der Waals surface area contributed by atoms with E-state index in [1.54, 1.807) is 0 Å². The summed E-state index contributed by atoms with van der Waals surface area (Å²) in [5.74, 6) is 0. The van der Waals surface area contributed by atoms with E-state index in [1.165, 1.54) is 9.88 Å². The molecule has 14 N–H and O–H groups in total. The monoisotopic (exact) mass is 676 g/mol. The third-order valence-corrected chi connectivity index (χ3v) is 0. The molecule has 0 saturated heterocycles. The number of nitrogens with zero attached hydrogens (tertiary/aromatic N) is 1. The molecule has 0 unspecified atom stereocenters. The fourth-order valence-electron chi connectivity index (χ4n) is 0. The third kappa shape index (κ3) is 264. The van der Waals surface area contributed by atoms with E-state index in [9.17, 15) is 0 Å². The van der Waals surface area contributed by atoms with Gasteiger partial charge in [0.05, 0.1) is 0 Å². The van der Waals surface area contributed by atoms with Gasteiger partial charge in [0, 0.05) is 17.4 Å². The maximum atomic E-state index is 6.92. The molecule has 0 bridgehead atoms. The van der Waals surface area contributed by atoms with Crippen molar-refractivity contribution in [3.8, 4) is 0 Å². The molecule has 8 nitrogen and oxygen atoms in total. The van der Waals surface area contributed by atoms with Crippen LogP contribution in [0.4, 0.5) is 0 Å². The Morgan fingerprint density at radius 1 is 0.500 bits per heavy atom. The van der Waals surface area contributed by atoms with E-state index in [2.05, 4.69) is 0 Å². The molecule has 0 spiro atoms. The van der Waals surface area contributed by atoms with Gasteiger partial charge in [0.1, 0.15) is 0 Å². The van der Waals surface area contributed by atoms with Crippen LogP contribution in [0.2, 0.25) is 0 Å². The SMILES string of the molecule is N#[SiH].O.O.O.O.O.O.O.[Al].[InH3].[InH3].[SnH2].[SnH2]. The molecule has 0 aliphatic carbocycles. The minimum absolute atomic E-state index is 0. The molecule has 14 heteroatoms. The Hall–Kier alpha value is 3.52. The van der Waals surface area contributed by atoms with E-state index in [-0.39, 0.29) is 155 Å². The molecule has 0 rings (SSSR count). The second-order valence-electron chi connectivity index (χ2n) is 0. The van der Waals surface area contributed by atoms with Gasteiger partial charge in [0.25, 0.3) is 0 Å². The van der Waals surface area contributed by atoms with Gasteiger partial charge in [0.2, 0.25) is 0 Å². The van der Waals surface area contributed by atoms with Crippen molar-refractivity contribution in [3.05, 3.63) is 0 Å². The first-order valence-electron chi connectivity index (χ1n) is 0.258. The Kier molecular flexibility index (Phi) is 5380. The van der Waals surface area contributed by atoms with Crippen molar-refractivity contribution in [1.29, 1.82) is 4.89 Å². The molecule has 0 aliphatic heterocycles. The molecule has 0 aromatic rings. The van der Waals surface area contributed by atoms with Crippen LogP contribution in [0.3, 0.4) is 0 Å². The van der Waals surface area contributed by atoms with Crippen LogP contribution in [0.15, 0.2) is 0 Å². The zero-order valence-corrected chi connectivity index (χ0v) is 16.9. The molecule has 93 valence electrons. The Morgan fingerprint density at radius 3 is 0.500 bits per heavy atom. The Balaban J connectivity index is -0.0000000000758. The third-order valence-electron chi connectivity index (χ3n) is 0. The summed E-state index contributed by atoms with van der Waals surface area (Å²) in [7, 11) is 1.42. The molecule has 0 saturated carbocycles. The molecule has 14 heavy (non-hydrogen) atoms. The van der Waals surface area contributed by atoms with Crippen molar-refractivity contribution in [1.82, 2.24) is 0 Å². The Bertz CT molecular complexity index is 34.4. The summed E-state index contributed by atoms with van der Waals surface area (Å²) in [6, 6.07) is 0. The summed E-state index contributed by atoms with van der Waals surface area (Å²) in [4.78, 5) is 6.92. The number of rotatable bonds is 0. The number of hydrogen-bond acceptors (Lipinski definition) is 1. The molecule has 0 aromatic carbocycles. The van der Waals surface area contributed by atoms with Crippen molar-refractivity contribution < 1.29 is 38.3 Å². The first kappa shape index (κ1) is 234. The summed E-state index contributed by atoms with van der Waals surface area (Å²) < 4.78 is 0. The first-order valence-corrected chi connectivity index (χ1v) is 0.775. The van der Waals surface area contributed by atoms with Crippen molar-refractivity contribution in [2.45, 2.75) is 0 Å². The van der Waals surface area contributed by atoms with Gasteiger partial charge in [0.15, 0.2) is 9.88 Å². The second-order valence-corrected chi connectivity index (χ2v) is 0. The van der Waals surface area contributed by atoms with Gasteiger partial charge in [-0.05, 0) is 0 Å². The van der Waals surface area contributed by atoms with E-state index in [0.29, 0.717) is 0 Å². The van der Waals surface area contributed by atoms with Gasteiger partial charge in [-0.25, -0.2) is 0 Å². The predicted octanol–water partition coefficient (Wildman–Crippen LogP) is -11.0. The second kappa shape index (κ2) is 322. The molecule has 0 heterocycles. The van der Waals surface area contributed by atoms with E-state index >= 15 is 0 Å². The van der Waals surface area contributed by atoms with Gasteiger partial charge in [-0.2, -0.15) is 0 Å². The quantitative estimate of drug-likeness (QED) is 0.224. The average Bonchev–Trinajstić information content (AvgIpc) is 1.00. The van der Waals surface area contributed by atoms with Crippen molar-refractivity contribution in [3.63, 3.8) is 0 Å². The molecule has 0 aromatic heterocycles. The fourth-order valence-corrected chi connectivity index (χ4v) is 0. The molecular formula is H25AlIn2NO7SiSn2. The molecule has 7 radical (unpaired) electrons. The number of hydrogen-bond donors (Lipinski definition) is 0. The van der Waals surface area contributed by atoms with Gasteiger partial charge in [-0.1, -0.05) is 0 Å². The van der Waals surface area contributed by atoms with Crippen LogP contribution in [0.1, 0.15) is 0 Å². The molecular weight excluding hydrogens is 648 g/mol.